The topological polar surface area (TPSA) is 58.6 Å². The van der Waals surface area contributed by atoms with E-state index in [0.717, 1.165) is 24.3 Å². The van der Waals surface area contributed by atoms with E-state index in [2.05, 4.69) is 5.32 Å². The summed E-state index contributed by atoms with van der Waals surface area (Å²) in [5.74, 6) is -0.267. The average molecular weight is 296 g/mol. The first kappa shape index (κ1) is 15.0. The molecule has 6 heteroatoms. The molecule has 1 N–H and O–H groups in total. The molecule has 0 saturated carbocycles. The fourth-order valence-corrected chi connectivity index (χ4v) is 3.06. The molecule has 1 amide bonds. The van der Waals surface area contributed by atoms with E-state index in [1.54, 1.807) is 11.3 Å². The lowest BCUT2D eigenvalue weighted by molar-refractivity contribution is -0.147. The molecule has 1 aromatic rings. The van der Waals surface area contributed by atoms with Crippen molar-refractivity contribution in [1.29, 1.82) is 0 Å². The number of esters is 1. The number of likely N-dealkylation sites (tertiary alicyclic amines) is 1. The zero-order valence-electron chi connectivity index (χ0n) is 11.6. The number of ether oxygens (including phenoxy) is 1. The fraction of sp³-hybridized carbons (Fsp3) is 0.571. The quantitative estimate of drug-likeness (QED) is 0.831. The summed E-state index contributed by atoms with van der Waals surface area (Å²) in [6.07, 6.45) is 1.78. The van der Waals surface area contributed by atoms with Gasteiger partial charge in [-0.3, -0.25) is 14.5 Å². The van der Waals surface area contributed by atoms with Gasteiger partial charge >= 0.3 is 5.97 Å². The Kier molecular flexibility index (Phi) is 5.55. The number of carbonyl (C=O) groups is 2. The van der Waals surface area contributed by atoms with E-state index >= 15 is 0 Å². The number of thiophene rings is 1. The summed E-state index contributed by atoms with van der Waals surface area (Å²) in [4.78, 5) is 26.6. The summed E-state index contributed by atoms with van der Waals surface area (Å²) in [6.45, 7) is 2.39. The van der Waals surface area contributed by atoms with Crippen LogP contribution >= 0.6 is 11.3 Å². The molecule has 1 aliphatic rings. The van der Waals surface area contributed by atoms with Crippen LogP contribution in [0.1, 0.15) is 17.7 Å². The maximum Gasteiger partial charge on any atom is 0.309 e. The Bertz CT molecular complexity index is 447. The van der Waals surface area contributed by atoms with Gasteiger partial charge in [0.2, 0.25) is 5.91 Å². The van der Waals surface area contributed by atoms with Gasteiger partial charge in [-0.1, -0.05) is 6.07 Å². The Balaban J connectivity index is 1.74. The van der Waals surface area contributed by atoms with Crippen LogP contribution in [0.25, 0.3) is 0 Å². The van der Waals surface area contributed by atoms with E-state index in [0.29, 0.717) is 19.6 Å². The summed E-state index contributed by atoms with van der Waals surface area (Å²) in [6, 6.07) is 3.97. The highest BCUT2D eigenvalue weighted by molar-refractivity contribution is 7.09. The first-order chi connectivity index (χ1) is 9.69. The van der Waals surface area contributed by atoms with E-state index in [1.165, 1.54) is 7.11 Å². The van der Waals surface area contributed by atoms with E-state index in [4.69, 9.17) is 4.74 Å². The van der Waals surface area contributed by atoms with Crippen molar-refractivity contribution in [3.63, 3.8) is 0 Å². The van der Waals surface area contributed by atoms with Crippen LogP contribution in [0.15, 0.2) is 17.5 Å². The predicted octanol–water partition coefficient (Wildman–Crippen LogP) is 1.25. The summed E-state index contributed by atoms with van der Waals surface area (Å²) < 4.78 is 4.77. The maximum absolute atomic E-state index is 11.9. The van der Waals surface area contributed by atoms with Crippen LogP contribution in [0, 0.1) is 5.92 Å². The Hall–Kier alpha value is -1.40. The smallest absolute Gasteiger partial charge is 0.309 e. The first-order valence-corrected chi connectivity index (χ1v) is 7.66. The normalized spacial score (nSPS) is 19.6. The van der Waals surface area contributed by atoms with Gasteiger partial charge in [-0.05, 0) is 30.8 Å². The van der Waals surface area contributed by atoms with Crippen molar-refractivity contribution in [3.05, 3.63) is 22.4 Å². The van der Waals surface area contributed by atoms with Crippen molar-refractivity contribution in [2.75, 3.05) is 26.7 Å². The summed E-state index contributed by atoms with van der Waals surface area (Å²) >= 11 is 1.63. The second-order valence-corrected chi connectivity index (χ2v) is 5.99. The standard InChI is InChI=1S/C14H20N2O3S/c1-19-14(18)11-4-2-6-16(9-11)10-13(17)15-8-12-5-3-7-20-12/h3,5,7,11H,2,4,6,8-10H2,1H3,(H,15,17). The molecular weight excluding hydrogens is 276 g/mol. The Morgan fingerprint density at radius 2 is 2.40 bits per heavy atom. The monoisotopic (exact) mass is 296 g/mol. The Labute approximate surface area is 122 Å². The number of piperidine rings is 1. The van der Waals surface area contributed by atoms with Crippen LogP contribution in [-0.4, -0.2) is 43.5 Å². The molecule has 110 valence electrons. The number of carbonyl (C=O) groups excluding carboxylic acids is 2. The van der Waals surface area contributed by atoms with Crippen molar-refractivity contribution < 1.29 is 14.3 Å². The second kappa shape index (κ2) is 7.40. The van der Waals surface area contributed by atoms with Gasteiger partial charge in [0.25, 0.3) is 0 Å². The van der Waals surface area contributed by atoms with Crippen LogP contribution in [0.3, 0.4) is 0 Å². The number of hydrogen-bond donors (Lipinski definition) is 1. The molecule has 0 aliphatic carbocycles. The van der Waals surface area contributed by atoms with Gasteiger partial charge in [0.05, 0.1) is 26.1 Å². The van der Waals surface area contributed by atoms with Crippen LogP contribution in [-0.2, 0) is 20.9 Å². The predicted molar refractivity (Wildman–Crippen MR) is 77.3 cm³/mol. The van der Waals surface area contributed by atoms with Gasteiger partial charge in [-0.2, -0.15) is 0 Å². The van der Waals surface area contributed by atoms with Gasteiger partial charge in [0.1, 0.15) is 0 Å². The van der Waals surface area contributed by atoms with Gasteiger partial charge < -0.3 is 10.1 Å². The molecular formula is C14H20N2O3S. The van der Waals surface area contributed by atoms with Gasteiger partial charge in [-0.25, -0.2) is 0 Å². The molecule has 2 rings (SSSR count). The van der Waals surface area contributed by atoms with E-state index < -0.39 is 0 Å². The number of amides is 1. The highest BCUT2D eigenvalue weighted by atomic mass is 32.1. The lowest BCUT2D eigenvalue weighted by atomic mass is 9.98. The molecule has 5 nitrogen and oxygen atoms in total. The Morgan fingerprint density at radius 1 is 1.55 bits per heavy atom. The lowest BCUT2D eigenvalue weighted by Crippen LogP contribution is -2.44. The van der Waals surface area contributed by atoms with Crippen LogP contribution in [0.5, 0.6) is 0 Å². The van der Waals surface area contributed by atoms with E-state index in [9.17, 15) is 9.59 Å². The van der Waals surface area contributed by atoms with Crippen LogP contribution in [0.2, 0.25) is 0 Å². The molecule has 1 aromatic heterocycles. The minimum absolute atomic E-state index is 0.00363. The zero-order chi connectivity index (χ0) is 14.4. The Morgan fingerprint density at radius 3 is 3.10 bits per heavy atom. The first-order valence-electron chi connectivity index (χ1n) is 6.78. The number of hydrogen-bond acceptors (Lipinski definition) is 5. The SMILES string of the molecule is COC(=O)C1CCCN(CC(=O)NCc2cccs2)C1. The number of rotatable bonds is 5. The molecule has 1 aliphatic heterocycles. The van der Waals surface area contributed by atoms with Crippen molar-refractivity contribution in [2.24, 2.45) is 5.92 Å². The molecule has 0 aromatic carbocycles. The molecule has 0 spiro atoms. The highest BCUT2D eigenvalue weighted by Crippen LogP contribution is 2.17. The molecule has 0 radical (unpaired) electrons. The van der Waals surface area contributed by atoms with Gasteiger partial charge in [0.15, 0.2) is 0 Å². The molecule has 2 heterocycles. The molecule has 1 atom stereocenters. The molecule has 1 unspecified atom stereocenters. The summed E-state index contributed by atoms with van der Waals surface area (Å²) in [5.41, 5.74) is 0. The van der Waals surface area contributed by atoms with Gasteiger partial charge in [-0.15, -0.1) is 11.3 Å². The molecule has 1 saturated heterocycles. The van der Waals surface area contributed by atoms with Crippen molar-refractivity contribution in [3.8, 4) is 0 Å². The lowest BCUT2D eigenvalue weighted by Gasteiger charge is -2.30. The average Bonchev–Trinajstić information content (AvgIpc) is 2.98. The van der Waals surface area contributed by atoms with Crippen molar-refractivity contribution >= 4 is 23.2 Å². The minimum atomic E-state index is -0.173. The van der Waals surface area contributed by atoms with Crippen LogP contribution < -0.4 is 5.32 Å². The van der Waals surface area contributed by atoms with E-state index in [-0.39, 0.29) is 17.8 Å². The van der Waals surface area contributed by atoms with Gasteiger partial charge in [0, 0.05) is 11.4 Å². The zero-order valence-corrected chi connectivity index (χ0v) is 12.4. The maximum atomic E-state index is 11.9. The molecule has 20 heavy (non-hydrogen) atoms. The van der Waals surface area contributed by atoms with Crippen molar-refractivity contribution in [1.82, 2.24) is 10.2 Å². The highest BCUT2D eigenvalue weighted by Gasteiger charge is 2.27. The fourth-order valence-electron chi connectivity index (χ4n) is 2.42. The number of methoxy groups -OCH3 is 1. The molecule has 1 fully saturated rings. The third-order valence-corrected chi connectivity index (χ3v) is 4.32. The van der Waals surface area contributed by atoms with Crippen LogP contribution in [0.4, 0.5) is 0 Å². The number of nitrogens with one attached hydrogen (secondary N) is 1. The minimum Gasteiger partial charge on any atom is -0.469 e. The third-order valence-electron chi connectivity index (χ3n) is 3.45. The summed E-state index contributed by atoms with van der Waals surface area (Å²) in [5, 5.41) is 4.90. The summed E-state index contributed by atoms with van der Waals surface area (Å²) in [7, 11) is 1.41. The van der Waals surface area contributed by atoms with E-state index in [1.807, 2.05) is 22.4 Å². The largest absolute Gasteiger partial charge is 0.469 e. The third kappa shape index (κ3) is 4.31. The molecule has 0 bridgehead atoms. The second-order valence-electron chi connectivity index (χ2n) is 4.95. The number of nitrogens with zero attached hydrogens (tertiary/aromatic N) is 1. The van der Waals surface area contributed by atoms with Crippen molar-refractivity contribution in [2.45, 2.75) is 19.4 Å².